The summed E-state index contributed by atoms with van der Waals surface area (Å²) >= 11 is 1.92. The molecule has 0 atom stereocenters. The van der Waals surface area contributed by atoms with Crippen molar-refractivity contribution in [3.8, 4) is 0 Å². The van der Waals surface area contributed by atoms with Crippen LogP contribution in [0.5, 0.6) is 0 Å². The van der Waals surface area contributed by atoms with Crippen LogP contribution in [0.15, 0.2) is 66.7 Å². The van der Waals surface area contributed by atoms with Crippen LogP contribution in [0, 0.1) is 0 Å². The Morgan fingerprint density at radius 3 is 2.52 bits per heavy atom. The van der Waals surface area contributed by atoms with Gasteiger partial charge < -0.3 is 0 Å². The average Bonchev–Trinajstić information content (AvgIpc) is 3.01. The molecule has 1 nitrogen and oxygen atoms in total. The predicted octanol–water partition coefficient (Wildman–Crippen LogP) is 6.03. The van der Waals surface area contributed by atoms with Crippen molar-refractivity contribution >= 4 is 43.9 Å². The van der Waals surface area contributed by atoms with Crippen molar-refractivity contribution < 1.29 is 0 Å². The van der Waals surface area contributed by atoms with Gasteiger partial charge in [0.05, 0.1) is 0 Å². The fourth-order valence-electron chi connectivity index (χ4n) is 3.90. The summed E-state index contributed by atoms with van der Waals surface area (Å²) in [5.74, 6) is 0. The Morgan fingerprint density at radius 2 is 1.64 bits per heavy atom. The van der Waals surface area contributed by atoms with E-state index in [9.17, 15) is 0 Å². The second-order valence-electron chi connectivity index (χ2n) is 6.62. The second kappa shape index (κ2) is 6.80. The lowest BCUT2D eigenvalue weighted by atomic mass is 9.94. The van der Waals surface area contributed by atoms with Gasteiger partial charge >= 0.3 is 0 Å². The zero-order chi connectivity index (χ0) is 15.9. The Kier molecular flexibility index (Phi) is 4.51. The summed E-state index contributed by atoms with van der Waals surface area (Å²) in [6, 6.07) is 24.3. The Labute approximate surface area is 158 Å². The van der Waals surface area contributed by atoms with Crippen molar-refractivity contribution in [2.75, 3.05) is 6.54 Å². The molecule has 1 aromatic heterocycles. The van der Waals surface area contributed by atoms with Gasteiger partial charge in [0.15, 0.2) is 0 Å². The molecule has 126 valence electrons. The van der Waals surface area contributed by atoms with E-state index in [0.29, 0.717) is 0 Å². The molecule has 0 saturated heterocycles. The van der Waals surface area contributed by atoms with E-state index in [-0.39, 0.29) is 12.4 Å². The number of fused-ring (bicyclic) bond motifs is 5. The van der Waals surface area contributed by atoms with Crippen LogP contribution >= 0.6 is 23.7 Å². The van der Waals surface area contributed by atoms with E-state index in [4.69, 9.17) is 0 Å². The van der Waals surface area contributed by atoms with Gasteiger partial charge in [-0.3, -0.25) is 4.90 Å². The van der Waals surface area contributed by atoms with Crippen LogP contribution in [-0.4, -0.2) is 11.4 Å². The maximum Gasteiger partial charge on any atom is 0.0358 e. The van der Waals surface area contributed by atoms with E-state index in [0.717, 1.165) is 26.1 Å². The van der Waals surface area contributed by atoms with Crippen molar-refractivity contribution in [1.29, 1.82) is 0 Å². The topological polar surface area (TPSA) is 3.24 Å². The molecular weight excluding hydrogens is 346 g/mol. The molecular formula is C22H20ClNS. The number of rotatable bonds is 2. The molecule has 0 N–H and O–H groups in total. The van der Waals surface area contributed by atoms with E-state index in [1.165, 1.54) is 31.3 Å². The van der Waals surface area contributed by atoms with Gasteiger partial charge in [-0.1, -0.05) is 54.6 Å². The highest BCUT2D eigenvalue weighted by atomic mass is 35.5. The van der Waals surface area contributed by atoms with Crippen molar-refractivity contribution in [3.05, 3.63) is 83.4 Å². The normalized spacial score (nSPS) is 14.4. The zero-order valence-corrected chi connectivity index (χ0v) is 15.6. The van der Waals surface area contributed by atoms with E-state index in [2.05, 4.69) is 71.6 Å². The van der Waals surface area contributed by atoms with Crippen molar-refractivity contribution in [1.82, 2.24) is 4.90 Å². The molecule has 1 aliphatic heterocycles. The standard InChI is InChI=1S/C22H19NS.ClH/c1-2-6-16(7-3-1)14-23-13-12-17-10-11-21-22(19(17)15-23)18-8-4-5-9-20(18)24-21;/h1-11H,12-15H2;1H. The largest absolute Gasteiger partial charge is 0.294 e. The summed E-state index contributed by atoms with van der Waals surface area (Å²) in [6.07, 6.45) is 1.16. The molecule has 1 aliphatic rings. The molecule has 0 fully saturated rings. The monoisotopic (exact) mass is 365 g/mol. The predicted molar refractivity (Wildman–Crippen MR) is 111 cm³/mol. The van der Waals surface area contributed by atoms with Gasteiger partial charge in [0.1, 0.15) is 0 Å². The smallest absolute Gasteiger partial charge is 0.0358 e. The minimum absolute atomic E-state index is 0. The number of nitrogens with zero attached hydrogens (tertiary/aromatic N) is 1. The number of benzene rings is 3. The van der Waals surface area contributed by atoms with Crippen LogP contribution in [0.3, 0.4) is 0 Å². The lowest BCUT2D eigenvalue weighted by Gasteiger charge is -2.29. The van der Waals surface area contributed by atoms with E-state index in [1.807, 2.05) is 11.3 Å². The molecule has 0 bridgehead atoms. The first kappa shape index (κ1) is 16.6. The Morgan fingerprint density at radius 1 is 0.840 bits per heavy atom. The minimum atomic E-state index is 0. The summed E-state index contributed by atoms with van der Waals surface area (Å²) in [5, 5.41) is 2.92. The number of thiophene rings is 1. The first-order valence-electron chi connectivity index (χ1n) is 8.57. The molecule has 0 aliphatic carbocycles. The first-order valence-corrected chi connectivity index (χ1v) is 9.38. The number of hydrogen-bond acceptors (Lipinski definition) is 2. The lowest BCUT2D eigenvalue weighted by Crippen LogP contribution is -2.30. The summed E-state index contributed by atoms with van der Waals surface area (Å²) in [7, 11) is 0. The molecule has 0 saturated carbocycles. The third kappa shape index (κ3) is 2.95. The third-order valence-electron chi connectivity index (χ3n) is 5.08. The SMILES string of the molecule is Cl.c1ccc(CN2CCc3ccc4sc5ccccc5c4c3C2)cc1. The summed E-state index contributed by atoms with van der Waals surface area (Å²) < 4.78 is 2.83. The molecule has 0 unspecified atom stereocenters. The van der Waals surface area contributed by atoms with Gasteiger partial charge in [-0.2, -0.15) is 0 Å². The van der Waals surface area contributed by atoms with Gasteiger partial charge in [-0.25, -0.2) is 0 Å². The van der Waals surface area contributed by atoms with Gasteiger partial charge in [-0.15, -0.1) is 23.7 Å². The van der Waals surface area contributed by atoms with Crippen molar-refractivity contribution in [2.24, 2.45) is 0 Å². The lowest BCUT2D eigenvalue weighted by molar-refractivity contribution is 0.247. The Balaban J connectivity index is 0.00000157. The molecule has 4 aromatic rings. The fraction of sp³-hybridized carbons (Fsp3) is 0.182. The van der Waals surface area contributed by atoms with Gasteiger partial charge in [0.2, 0.25) is 0 Å². The first-order chi connectivity index (χ1) is 11.9. The fourth-order valence-corrected chi connectivity index (χ4v) is 5.04. The highest BCUT2D eigenvalue weighted by Gasteiger charge is 2.20. The summed E-state index contributed by atoms with van der Waals surface area (Å²) in [6.45, 7) is 3.25. The summed E-state index contributed by atoms with van der Waals surface area (Å²) in [5.41, 5.74) is 4.49. The van der Waals surface area contributed by atoms with E-state index < -0.39 is 0 Å². The van der Waals surface area contributed by atoms with E-state index >= 15 is 0 Å². The van der Waals surface area contributed by atoms with Gasteiger partial charge in [0, 0.05) is 39.8 Å². The maximum atomic E-state index is 2.59. The van der Waals surface area contributed by atoms with Crippen LogP contribution in [-0.2, 0) is 19.5 Å². The quantitative estimate of drug-likeness (QED) is 0.419. The summed E-state index contributed by atoms with van der Waals surface area (Å²) in [4.78, 5) is 2.59. The molecule has 5 rings (SSSR count). The minimum Gasteiger partial charge on any atom is -0.294 e. The van der Waals surface area contributed by atoms with Crippen LogP contribution in [0.4, 0.5) is 0 Å². The van der Waals surface area contributed by atoms with Gasteiger partial charge in [0.25, 0.3) is 0 Å². The van der Waals surface area contributed by atoms with Crippen LogP contribution in [0.1, 0.15) is 16.7 Å². The molecule has 0 radical (unpaired) electrons. The zero-order valence-electron chi connectivity index (χ0n) is 13.9. The average molecular weight is 366 g/mol. The molecule has 2 heterocycles. The van der Waals surface area contributed by atoms with Crippen LogP contribution < -0.4 is 0 Å². The molecule has 3 heteroatoms. The maximum absolute atomic E-state index is 2.59. The molecule has 0 amide bonds. The van der Waals surface area contributed by atoms with Crippen molar-refractivity contribution in [3.63, 3.8) is 0 Å². The van der Waals surface area contributed by atoms with Crippen molar-refractivity contribution in [2.45, 2.75) is 19.5 Å². The number of hydrogen-bond donors (Lipinski definition) is 0. The number of halogens is 1. The highest BCUT2D eigenvalue weighted by molar-refractivity contribution is 7.25. The third-order valence-corrected chi connectivity index (χ3v) is 6.21. The van der Waals surface area contributed by atoms with Crippen LogP contribution in [0.25, 0.3) is 20.2 Å². The molecule has 0 spiro atoms. The van der Waals surface area contributed by atoms with Crippen LogP contribution in [0.2, 0.25) is 0 Å². The Bertz CT molecular complexity index is 1020. The molecule has 25 heavy (non-hydrogen) atoms. The molecule has 3 aromatic carbocycles. The Hall–Kier alpha value is -1.87. The van der Waals surface area contributed by atoms with Gasteiger partial charge in [-0.05, 0) is 35.2 Å². The second-order valence-corrected chi connectivity index (χ2v) is 7.70. The highest BCUT2D eigenvalue weighted by Crippen LogP contribution is 2.39. The van der Waals surface area contributed by atoms with E-state index in [1.54, 1.807) is 5.56 Å².